The minimum absolute atomic E-state index is 0.0826. The first-order chi connectivity index (χ1) is 17.0. The molecule has 3 aliphatic rings. The summed E-state index contributed by atoms with van der Waals surface area (Å²) in [6, 6.07) is 14.6. The Kier molecular flexibility index (Phi) is 7.39. The summed E-state index contributed by atoms with van der Waals surface area (Å²) in [4.78, 5) is 19.7. The zero-order valence-corrected chi connectivity index (χ0v) is 20.6. The van der Waals surface area contributed by atoms with E-state index in [2.05, 4.69) is 41.0 Å². The number of aliphatic hydroxyl groups is 2. The van der Waals surface area contributed by atoms with Crippen molar-refractivity contribution in [2.24, 2.45) is 0 Å². The number of amides is 1. The Bertz CT molecular complexity index is 1040. The molecule has 0 bridgehead atoms. The van der Waals surface area contributed by atoms with E-state index in [1.54, 1.807) is 4.90 Å². The van der Waals surface area contributed by atoms with Gasteiger partial charge in [-0.25, -0.2) is 0 Å². The first-order valence-corrected chi connectivity index (χ1v) is 12.9. The third-order valence-electron chi connectivity index (χ3n) is 7.78. The minimum atomic E-state index is -0.612. The number of carbonyl (C=O) groups excluding carboxylic acids is 1. The number of benzene rings is 2. The Hall–Kier alpha value is -2.45. The average Bonchev–Trinajstić information content (AvgIpc) is 3.02. The molecule has 0 saturated carbocycles. The predicted molar refractivity (Wildman–Crippen MR) is 134 cm³/mol. The lowest BCUT2D eigenvalue weighted by atomic mass is 9.99. The molecule has 0 aliphatic carbocycles. The molecule has 3 aliphatic heterocycles. The van der Waals surface area contributed by atoms with Crippen molar-refractivity contribution in [3.05, 3.63) is 64.7 Å². The number of β-amino-alcohol motifs (C(OH)–C–C–N with tert-alkyl or cyclic N) is 1. The van der Waals surface area contributed by atoms with Gasteiger partial charge in [-0.05, 0) is 55.0 Å². The largest absolute Gasteiger partial charge is 0.491 e. The molecule has 1 amide bonds. The van der Waals surface area contributed by atoms with E-state index >= 15 is 0 Å². The van der Waals surface area contributed by atoms with Crippen molar-refractivity contribution in [2.75, 3.05) is 45.9 Å². The van der Waals surface area contributed by atoms with Crippen molar-refractivity contribution in [2.45, 2.75) is 51.0 Å². The van der Waals surface area contributed by atoms with Crippen LogP contribution in [0, 0.1) is 0 Å². The Balaban J connectivity index is 1.21. The first-order valence-electron chi connectivity index (χ1n) is 12.9. The molecule has 7 nitrogen and oxygen atoms in total. The summed E-state index contributed by atoms with van der Waals surface area (Å²) >= 11 is 0. The van der Waals surface area contributed by atoms with Crippen LogP contribution in [-0.4, -0.2) is 88.9 Å². The Morgan fingerprint density at radius 1 is 1.03 bits per heavy atom. The summed E-state index contributed by atoms with van der Waals surface area (Å²) in [7, 11) is 0. The molecule has 2 aromatic carbocycles. The van der Waals surface area contributed by atoms with E-state index in [0.717, 1.165) is 51.0 Å². The van der Waals surface area contributed by atoms with Crippen molar-refractivity contribution in [3.8, 4) is 5.75 Å². The maximum Gasteiger partial charge on any atom is 0.257 e. The minimum Gasteiger partial charge on any atom is -0.491 e. The van der Waals surface area contributed by atoms with Crippen LogP contribution in [0.15, 0.2) is 42.5 Å². The fraction of sp³-hybridized carbons (Fsp3) is 0.536. The molecule has 1 unspecified atom stereocenters. The zero-order valence-electron chi connectivity index (χ0n) is 20.6. The van der Waals surface area contributed by atoms with Crippen LogP contribution in [0.1, 0.15) is 52.9 Å². The number of hydrogen-bond donors (Lipinski definition) is 2. The lowest BCUT2D eigenvalue weighted by molar-refractivity contribution is 0.0501. The summed E-state index contributed by atoms with van der Waals surface area (Å²) in [6.45, 7) is 7.38. The molecule has 2 N–H and O–H groups in total. The van der Waals surface area contributed by atoms with Crippen molar-refractivity contribution >= 4 is 5.91 Å². The van der Waals surface area contributed by atoms with E-state index in [1.807, 2.05) is 18.2 Å². The molecular formula is C28H37N3O4. The summed E-state index contributed by atoms with van der Waals surface area (Å²) in [5, 5.41) is 20.6. The highest BCUT2D eigenvalue weighted by atomic mass is 16.5. The number of nitrogens with zero attached hydrogens (tertiary/aromatic N) is 3. The maximum atomic E-state index is 13.3. The summed E-state index contributed by atoms with van der Waals surface area (Å²) < 4.78 is 6.00. The van der Waals surface area contributed by atoms with Crippen LogP contribution in [-0.2, 0) is 13.0 Å². The van der Waals surface area contributed by atoms with Crippen molar-refractivity contribution < 1.29 is 19.7 Å². The molecular weight excluding hydrogens is 442 g/mol. The summed E-state index contributed by atoms with van der Waals surface area (Å²) in [5.41, 5.74) is 4.39. The molecule has 2 atom stereocenters. The highest BCUT2D eigenvalue weighted by Gasteiger charge is 2.28. The van der Waals surface area contributed by atoms with Crippen molar-refractivity contribution in [1.29, 1.82) is 0 Å². The smallest absolute Gasteiger partial charge is 0.257 e. The first kappa shape index (κ1) is 24.3. The zero-order chi connectivity index (χ0) is 24.4. The number of aliphatic hydroxyl groups excluding tert-OH is 2. The second-order valence-electron chi connectivity index (χ2n) is 10.2. The van der Waals surface area contributed by atoms with Crippen LogP contribution in [0.3, 0.4) is 0 Å². The molecule has 3 heterocycles. The standard InChI is InChI=1S/C28H37N3O4/c1-20(30-12-9-24(32)10-13-30)22-6-7-26-27(16-22)35-15-14-31(28(26)34)19-25(33)18-29-11-8-21-4-2-3-5-23(21)17-29/h2-7,16,20,24-25,32-33H,8-15,17-19H2,1H3/t20?,25-/m1/s1. The SMILES string of the molecule is CC(c1ccc2c(c1)OCCN(C[C@H](O)CN1CCc3ccccc3C1)C2=O)N1CCC(O)CC1. The summed E-state index contributed by atoms with van der Waals surface area (Å²) in [6.07, 6.45) is 1.78. The van der Waals surface area contributed by atoms with Crippen LogP contribution >= 0.6 is 0 Å². The van der Waals surface area contributed by atoms with Gasteiger partial charge in [-0.3, -0.25) is 14.6 Å². The second-order valence-corrected chi connectivity index (χ2v) is 10.2. The van der Waals surface area contributed by atoms with Crippen LogP contribution < -0.4 is 4.74 Å². The molecule has 0 aromatic heterocycles. The van der Waals surface area contributed by atoms with Crippen molar-refractivity contribution in [1.82, 2.24) is 14.7 Å². The Morgan fingerprint density at radius 3 is 2.60 bits per heavy atom. The van der Waals surface area contributed by atoms with Gasteiger partial charge in [-0.1, -0.05) is 30.3 Å². The van der Waals surface area contributed by atoms with Crippen LogP contribution in [0.5, 0.6) is 5.75 Å². The van der Waals surface area contributed by atoms with Gasteiger partial charge in [0, 0.05) is 45.3 Å². The van der Waals surface area contributed by atoms with Crippen LogP contribution in [0.4, 0.5) is 0 Å². The van der Waals surface area contributed by atoms with Crippen LogP contribution in [0.2, 0.25) is 0 Å². The van der Waals surface area contributed by atoms with Gasteiger partial charge in [-0.15, -0.1) is 0 Å². The predicted octanol–water partition coefficient (Wildman–Crippen LogP) is 2.46. The van der Waals surface area contributed by atoms with Gasteiger partial charge in [0.15, 0.2) is 0 Å². The van der Waals surface area contributed by atoms with Gasteiger partial charge in [0.2, 0.25) is 0 Å². The van der Waals surface area contributed by atoms with Gasteiger partial charge in [0.05, 0.1) is 24.3 Å². The van der Waals surface area contributed by atoms with E-state index in [0.29, 0.717) is 37.6 Å². The van der Waals surface area contributed by atoms with Gasteiger partial charge in [0.1, 0.15) is 12.4 Å². The van der Waals surface area contributed by atoms with Gasteiger partial charge >= 0.3 is 0 Å². The van der Waals surface area contributed by atoms with E-state index in [9.17, 15) is 15.0 Å². The van der Waals surface area contributed by atoms with E-state index in [-0.39, 0.29) is 18.1 Å². The normalized spacial score (nSPS) is 21.6. The maximum absolute atomic E-state index is 13.3. The third-order valence-corrected chi connectivity index (χ3v) is 7.78. The quantitative estimate of drug-likeness (QED) is 0.663. The molecule has 0 spiro atoms. The molecule has 1 saturated heterocycles. The molecule has 188 valence electrons. The fourth-order valence-electron chi connectivity index (χ4n) is 5.61. The fourth-order valence-corrected chi connectivity index (χ4v) is 5.61. The number of carbonyl (C=O) groups is 1. The molecule has 7 heteroatoms. The van der Waals surface area contributed by atoms with E-state index < -0.39 is 6.10 Å². The number of fused-ring (bicyclic) bond motifs is 2. The Labute approximate surface area is 207 Å². The van der Waals surface area contributed by atoms with Crippen LogP contribution in [0.25, 0.3) is 0 Å². The Morgan fingerprint density at radius 2 is 1.80 bits per heavy atom. The van der Waals surface area contributed by atoms with Gasteiger partial charge < -0.3 is 19.8 Å². The lowest BCUT2D eigenvalue weighted by Crippen LogP contribution is -2.44. The highest BCUT2D eigenvalue weighted by molar-refractivity contribution is 5.97. The summed E-state index contributed by atoms with van der Waals surface area (Å²) in [5.74, 6) is 0.543. The monoisotopic (exact) mass is 479 g/mol. The molecule has 1 fully saturated rings. The number of rotatable bonds is 6. The van der Waals surface area contributed by atoms with Crippen molar-refractivity contribution in [3.63, 3.8) is 0 Å². The highest BCUT2D eigenvalue weighted by Crippen LogP contribution is 2.31. The molecule has 2 aromatic rings. The molecule has 0 radical (unpaired) electrons. The number of ether oxygens (including phenoxy) is 1. The topological polar surface area (TPSA) is 76.5 Å². The van der Waals surface area contributed by atoms with E-state index in [1.165, 1.54) is 11.1 Å². The molecule has 35 heavy (non-hydrogen) atoms. The third kappa shape index (κ3) is 5.54. The number of hydrogen-bond acceptors (Lipinski definition) is 6. The van der Waals surface area contributed by atoms with Gasteiger partial charge in [0.25, 0.3) is 5.91 Å². The number of piperidine rings is 1. The molecule has 5 rings (SSSR count). The van der Waals surface area contributed by atoms with E-state index in [4.69, 9.17) is 4.74 Å². The van der Waals surface area contributed by atoms with Gasteiger partial charge in [-0.2, -0.15) is 0 Å². The number of likely N-dealkylation sites (tertiary alicyclic amines) is 1. The average molecular weight is 480 g/mol. The second kappa shape index (κ2) is 10.7. The lowest BCUT2D eigenvalue weighted by Gasteiger charge is -2.34.